The van der Waals surface area contributed by atoms with E-state index in [1.807, 2.05) is 11.9 Å². The highest BCUT2D eigenvalue weighted by molar-refractivity contribution is 6.34. The van der Waals surface area contributed by atoms with E-state index in [0.717, 1.165) is 26.2 Å². The number of likely N-dealkylation sites (tertiary alicyclic amines) is 1. The quantitative estimate of drug-likeness (QED) is 0.901. The Bertz CT molecular complexity index is 459. The minimum atomic E-state index is -0.939. The lowest BCUT2D eigenvalue weighted by Crippen LogP contribution is -2.32. The highest BCUT2D eigenvalue weighted by Gasteiger charge is 2.18. The Labute approximate surface area is 118 Å². The lowest BCUT2D eigenvalue weighted by molar-refractivity contribution is 0.0697. The molecule has 0 aliphatic carbocycles. The fourth-order valence-electron chi connectivity index (χ4n) is 2.49. The Kier molecular flexibility index (Phi) is 4.66. The Morgan fingerprint density at radius 3 is 2.74 bits per heavy atom. The molecule has 0 bridgehead atoms. The molecule has 1 N–H and O–H groups in total. The number of aromatic carboxylic acids is 1. The van der Waals surface area contributed by atoms with Crippen LogP contribution in [0.25, 0.3) is 0 Å². The molecular weight excluding hydrogens is 264 g/mol. The van der Waals surface area contributed by atoms with Gasteiger partial charge in [-0.3, -0.25) is 0 Å². The van der Waals surface area contributed by atoms with Gasteiger partial charge in [-0.25, -0.2) is 4.79 Å². The maximum atomic E-state index is 11.2. The summed E-state index contributed by atoms with van der Waals surface area (Å²) >= 11 is 6.15. The van der Waals surface area contributed by atoms with E-state index in [1.165, 1.54) is 12.8 Å². The molecule has 1 aliphatic heterocycles. The van der Waals surface area contributed by atoms with Crippen LogP contribution in [0.3, 0.4) is 0 Å². The summed E-state index contributed by atoms with van der Waals surface area (Å²) in [5.74, 6) is -0.939. The van der Waals surface area contributed by atoms with Crippen LogP contribution >= 0.6 is 11.6 Å². The lowest BCUT2D eigenvalue weighted by Gasteiger charge is -2.25. The molecule has 1 heterocycles. The predicted octanol–water partition coefficient (Wildman–Crippen LogP) is 2.57. The van der Waals surface area contributed by atoms with Crippen LogP contribution in [0.5, 0.6) is 0 Å². The summed E-state index contributed by atoms with van der Waals surface area (Å²) in [5, 5.41) is 9.71. The molecule has 0 amide bonds. The van der Waals surface area contributed by atoms with Crippen LogP contribution in [0.15, 0.2) is 18.2 Å². The van der Waals surface area contributed by atoms with Gasteiger partial charge < -0.3 is 14.9 Å². The molecule has 0 spiro atoms. The van der Waals surface area contributed by atoms with Crippen molar-refractivity contribution in [3.8, 4) is 0 Å². The zero-order valence-corrected chi connectivity index (χ0v) is 11.9. The second-order valence-electron chi connectivity index (χ2n) is 4.91. The Hall–Kier alpha value is -1.26. The molecule has 1 saturated heterocycles. The van der Waals surface area contributed by atoms with Gasteiger partial charge in [-0.1, -0.05) is 17.7 Å². The molecule has 0 unspecified atom stereocenters. The van der Waals surface area contributed by atoms with Crippen LogP contribution in [0.2, 0.25) is 5.02 Å². The summed E-state index contributed by atoms with van der Waals surface area (Å²) < 4.78 is 0. The zero-order valence-electron chi connectivity index (χ0n) is 11.1. The molecule has 5 heteroatoms. The maximum absolute atomic E-state index is 11.2. The van der Waals surface area contributed by atoms with E-state index in [2.05, 4.69) is 4.90 Å². The molecule has 1 aromatic rings. The van der Waals surface area contributed by atoms with E-state index in [9.17, 15) is 9.90 Å². The van der Waals surface area contributed by atoms with Crippen molar-refractivity contribution in [3.05, 3.63) is 28.8 Å². The number of rotatable bonds is 5. The van der Waals surface area contributed by atoms with Crippen LogP contribution in [0.1, 0.15) is 23.2 Å². The molecule has 0 radical (unpaired) electrons. The Morgan fingerprint density at radius 2 is 2.11 bits per heavy atom. The topological polar surface area (TPSA) is 43.8 Å². The van der Waals surface area contributed by atoms with Gasteiger partial charge in [0, 0.05) is 20.1 Å². The molecule has 1 aliphatic rings. The van der Waals surface area contributed by atoms with Gasteiger partial charge in [0.05, 0.1) is 16.3 Å². The number of carbonyl (C=O) groups is 1. The summed E-state index contributed by atoms with van der Waals surface area (Å²) in [6, 6.07) is 5.00. The molecule has 0 aromatic heterocycles. The smallest absolute Gasteiger partial charge is 0.337 e. The van der Waals surface area contributed by atoms with Crippen LogP contribution < -0.4 is 4.90 Å². The van der Waals surface area contributed by atoms with Gasteiger partial charge in [-0.2, -0.15) is 0 Å². The number of para-hydroxylation sites is 1. The number of likely N-dealkylation sites (N-methyl/N-ethyl adjacent to an activating group) is 1. The van der Waals surface area contributed by atoms with Crippen LogP contribution in [-0.2, 0) is 0 Å². The van der Waals surface area contributed by atoms with Crippen molar-refractivity contribution in [2.24, 2.45) is 0 Å². The van der Waals surface area contributed by atoms with Crippen LogP contribution in [0.4, 0.5) is 5.69 Å². The van der Waals surface area contributed by atoms with Crippen molar-refractivity contribution in [2.45, 2.75) is 12.8 Å². The number of carboxylic acid groups (broad SMARTS) is 1. The van der Waals surface area contributed by atoms with Crippen molar-refractivity contribution in [1.82, 2.24) is 4.90 Å². The number of anilines is 1. The van der Waals surface area contributed by atoms with E-state index < -0.39 is 5.97 Å². The van der Waals surface area contributed by atoms with Gasteiger partial charge in [0.25, 0.3) is 0 Å². The maximum Gasteiger partial charge on any atom is 0.337 e. The first-order valence-electron chi connectivity index (χ1n) is 6.55. The van der Waals surface area contributed by atoms with E-state index in [0.29, 0.717) is 10.7 Å². The third-order valence-electron chi connectivity index (χ3n) is 3.55. The van der Waals surface area contributed by atoms with Gasteiger partial charge in [0.1, 0.15) is 0 Å². The highest BCUT2D eigenvalue weighted by atomic mass is 35.5. The first-order chi connectivity index (χ1) is 9.09. The van der Waals surface area contributed by atoms with Crippen molar-refractivity contribution >= 4 is 23.3 Å². The molecule has 0 atom stereocenters. The van der Waals surface area contributed by atoms with Crippen molar-refractivity contribution < 1.29 is 9.90 Å². The lowest BCUT2D eigenvalue weighted by atomic mass is 10.1. The monoisotopic (exact) mass is 282 g/mol. The second kappa shape index (κ2) is 6.26. The van der Waals surface area contributed by atoms with E-state index in [-0.39, 0.29) is 5.56 Å². The van der Waals surface area contributed by atoms with E-state index >= 15 is 0 Å². The second-order valence-corrected chi connectivity index (χ2v) is 5.32. The largest absolute Gasteiger partial charge is 0.478 e. The molecule has 1 aromatic carbocycles. The van der Waals surface area contributed by atoms with Crippen molar-refractivity contribution in [3.63, 3.8) is 0 Å². The average molecular weight is 283 g/mol. The number of hydrogen-bond donors (Lipinski definition) is 1. The molecular formula is C14H19ClN2O2. The first-order valence-corrected chi connectivity index (χ1v) is 6.92. The van der Waals surface area contributed by atoms with Gasteiger partial charge in [0.2, 0.25) is 0 Å². The normalized spacial score (nSPS) is 15.7. The average Bonchev–Trinajstić information content (AvgIpc) is 2.88. The minimum absolute atomic E-state index is 0.261. The summed E-state index contributed by atoms with van der Waals surface area (Å²) in [5.41, 5.74) is 0.868. The number of carboxylic acids is 1. The van der Waals surface area contributed by atoms with E-state index in [1.54, 1.807) is 18.2 Å². The van der Waals surface area contributed by atoms with Gasteiger partial charge in [0.15, 0.2) is 0 Å². The standard InChI is InChI=1S/C14H19ClN2O2/c1-16(9-10-17-7-2-3-8-17)13-11(14(18)19)5-4-6-12(13)15/h4-6H,2-3,7-10H2,1H3,(H,18,19). The highest BCUT2D eigenvalue weighted by Crippen LogP contribution is 2.29. The third kappa shape index (κ3) is 3.39. The number of nitrogens with zero attached hydrogens (tertiary/aromatic N) is 2. The SMILES string of the molecule is CN(CCN1CCCC1)c1c(Cl)cccc1C(=O)O. The fraction of sp³-hybridized carbons (Fsp3) is 0.500. The van der Waals surface area contributed by atoms with Gasteiger partial charge in [-0.15, -0.1) is 0 Å². The molecule has 19 heavy (non-hydrogen) atoms. The van der Waals surface area contributed by atoms with Gasteiger partial charge >= 0.3 is 5.97 Å². The van der Waals surface area contributed by atoms with Crippen LogP contribution in [0, 0.1) is 0 Å². The Balaban J connectivity index is 2.08. The van der Waals surface area contributed by atoms with Gasteiger partial charge in [-0.05, 0) is 38.1 Å². The molecule has 0 saturated carbocycles. The summed E-state index contributed by atoms with van der Waals surface area (Å²) in [7, 11) is 1.89. The summed E-state index contributed by atoms with van der Waals surface area (Å²) in [6.45, 7) is 4.01. The molecule has 1 fully saturated rings. The molecule has 2 rings (SSSR count). The molecule has 4 nitrogen and oxygen atoms in total. The van der Waals surface area contributed by atoms with E-state index in [4.69, 9.17) is 11.6 Å². The number of hydrogen-bond acceptors (Lipinski definition) is 3. The first kappa shape index (κ1) is 14.2. The minimum Gasteiger partial charge on any atom is -0.478 e. The summed E-state index contributed by atoms with van der Waals surface area (Å²) in [6.07, 6.45) is 2.52. The fourth-order valence-corrected chi connectivity index (χ4v) is 2.80. The Morgan fingerprint density at radius 1 is 1.42 bits per heavy atom. The number of halogens is 1. The predicted molar refractivity (Wildman–Crippen MR) is 77.4 cm³/mol. The zero-order chi connectivity index (χ0) is 13.8. The van der Waals surface area contributed by atoms with Crippen molar-refractivity contribution in [2.75, 3.05) is 38.1 Å². The van der Waals surface area contributed by atoms with Crippen LogP contribution in [-0.4, -0.2) is 49.2 Å². The molecule has 104 valence electrons. The van der Waals surface area contributed by atoms with Crippen molar-refractivity contribution in [1.29, 1.82) is 0 Å². The summed E-state index contributed by atoms with van der Waals surface area (Å²) in [4.78, 5) is 15.6. The third-order valence-corrected chi connectivity index (χ3v) is 3.85. The number of benzene rings is 1.